The van der Waals surface area contributed by atoms with E-state index in [1.165, 1.54) is 47.4 Å². The van der Waals surface area contributed by atoms with Gasteiger partial charge in [-0.15, -0.1) is 11.3 Å². The van der Waals surface area contributed by atoms with Crippen LogP contribution in [-0.4, -0.2) is 13.4 Å². The normalized spacial score (nSPS) is 11.4. The second kappa shape index (κ2) is 8.87. The summed E-state index contributed by atoms with van der Waals surface area (Å²) >= 11 is 21.1. The number of hydrogen-bond acceptors (Lipinski definition) is 6. The van der Waals surface area contributed by atoms with Crippen LogP contribution in [0.1, 0.15) is 5.56 Å². The second-order valence-corrected chi connectivity index (χ2v) is 11.4. The Bertz CT molecular complexity index is 1460. The molecule has 5 nitrogen and oxygen atoms in total. The van der Waals surface area contributed by atoms with Crippen molar-refractivity contribution in [1.29, 1.82) is 5.26 Å². The maximum atomic E-state index is 12.7. The lowest BCUT2D eigenvalue weighted by Gasteiger charge is -2.11. The summed E-state index contributed by atoms with van der Waals surface area (Å²) in [7, 11) is -3.92. The molecule has 0 aliphatic heterocycles. The van der Waals surface area contributed by atoms with Gasteiger partial charge < -0.3 is 0 Å². The lowest BCUT2D eigenvalue weighted by atomic mass is 10.2. The summed E-state index contributed by atoms with van der Waals surface area (Å²) in [5.74, 6) is 0. The van der Waals surface area contributed by atoms with Crippen LogP contribution in [0.25, 0.3) is 10.2 Å². The third kappa shape index (κ3) is 4.93. The topological polar surface area (TPSA) is 82.8 Å². The monoisotopic (exact) mass is 525 g/mol. The first kappa shape index (κ1) is 22.2. The molecule has 31 heavy (non-hydrogen) atoms. The molecule has 0 bridgehead atoms. The number of nitrogens with zero attached hydrogens (tertiary/aromatic N) is 2. The highest BCUT2D eigenvalue weighted by atomic mass is 35.5. The third-order valence-corrected chi connectivity index (χ3v) is 8.74. The first-order valence-corrected chi connectivity index (χ1v) is 12.8. The molecule has 0 spiro atoms. The van der Waals surface area contributed by atoms with E-state index in [9.17, 15) is 8.42 Å². The van der Waals surface area contributed by atoms with Crippen molar-refractivity contribution in [2.45, 2.75) is 14.1 Å². The molecule has 0 unspecified atom stereocenters. The van der Waals surface area contributed by atoms with Gasteiger partial charge >= 0.3 is 0 Å². The van der Waals surface area contributed by atoms with E-state index in [4.69, 9.17) is 40.1 Å². The molecule has 3 aromatic carbocycles. The van der Waals surface area contributed by atoms with Crippen LogP contribution in [0.5, 0.6) is 0 Å². The van der Waals surface area contributed by atoms with Crippen LogP contribution in [0.2, 0.25) is 15.1 Å². The van der Waals surface area contributed by atoms with Gasteiger partial charge in [-0.1, -0.05) is 46.6 Å². The van der Waals surface area contributed by atoms with Crippen molar-refractivity contribution in [2.24, 2.45) is 0 Å². The Kier molecular flexibility index (Phi) is 6.35. The van der Waals surface area contributed by atoms with Crippen molar-refractivity contribution in [3.63, 3.8) is 0 Å². The average Bonchev–Trinajstić information content (AvgIpc) is 3.11. The summed E-state index contributed by atoms with van der Waals surface area (Å²) in [5, 5.41) is 9.76. The zero-order valence-corrected chi connectivity index (χ0v) is 20.0. The van der Waals surface area contributed by atoms with Gasteiger partial charge in [0.2, 0.25) is 0 Å². The minimum atomic E-state index is -3.92. The fourth-order valence-electron chi connectivity index (χ4n) is 2.66. The molecule has 0 fully saturated rings. The molecule has 1 N–H and O–H groups in total. The smallest absolute Gasteiger partial charge is 0.263 e. The second-order valence-electron chi connectivity index (χ2n) is 6.20. The number of sulfonamides is 1. The number of halogens is 3. The van der Waals surface area contributed by atoms with E-state index in [2.05, 4.69) is 15.8 Å². The van der Waals surface area contributed by atoms with Crippen LogP contribution in [-0.2, 0) is 10.0 Å². The van der Waals surface area contributed by atoms with Crippen molar-refractivity contribution < 1.29 is 8.42 Å². The van der Waals surface area contributed by atoms with Crippen LogP contribution < -0.4 is 4.72 Å². The highest BCUT2D eigenvalue weighted by molar-refractivity contribution is 8.01. The number of anilines is 1. The van der Waals surface area contributed by atoms with Gasteiger partial charge in [-0.3, -0.25) is 4.72 Å². The summed E-state index contributed by atoms with van der Waals surface area (Å²) in [6.07, 6.45) is 0. The Labute approximate surface area is 201 Å². The van der Waals surface area contributed by atoms with Gasteiger partial charge in [0, 0.05) is 9.92 Å². The van der Waals surface area contributed by atoms with E-state index < -0.39 is 10.0 Å². The van der Waals surface area contributed by atoms with Crippen molar-refractivity contribution in [3.8, 4) is 6.07 Å². The maximum Gasteiger partial charge on any atom is 0.263 e. The summed E-state index contributed by atoms with van der Waals surface area (Å²) in [6, 6.07) is 16.4. The number of nitriles is 1. The number of fused-ring (bicyclic) bond motifs is 1. The number of aromatic nitrogens is 1. The Balaban J connectivity index is 1.56. The molecule has 0 saturated heterocycles. The van der Waals surface area contributed by atoms with E-state index in [0.29, 0.717) is 26.2 Å². The average molecular weight is 527 g/mol. The molecule has 4 rings (SSSR count). The number of hydrogen-bond donors (Lipinski definition) is 1. The molecule has 0 aliphatic carbocycles. The summed E-state index contributed by atoms with van der Waals surface area (Å²) in [5.41, 5.74) is 1.67. The van der Waals surface area contributed by atoms with Gasteiger partial charge in [-0.05, 0) is 54.6 Å². The number of nitrogens with one attached hydrogen (secondary N) is 1. The lowest BCUT2D eigenvalue weighted by Crippen LogP contribution is -2.13. The number of rotatable bonds is 5. The van der Waals surface area contributed by atoms with Crippen molar-refractivity contribution in [2.75, 3.05) is 4.72 Å². The lowest BCUT2D eigenvalue weighted by molar-refractivity contribution is 0.601. The summed E-state index contributed by atoms with van der Waals surface area (Å²) < 4.78 is 29.4. The molecule has 4 aromatic rings. The number of benzene rings is 3. The molecule has 0 radical (unpaired) electrons. The van der Waals surface area contributed by atoms with Crippen molar-refractivity contribution in [3.05, 3.63) is 75.2 Å². The largest absolute Gasteiger partial charge is 0.280 e. The minimum Gasteiger partial charge on any atom is -0.280 e. The van der Waals surface area contributed by atoms with Crippen molar-refractivity contribution in [1.82, 2.24) is 4.98 Å². The van der Waals surface area contributed by atoms with E-state index in [0.717, 1.165) is 14.6 Å². The van der Waals surface area contributed by atoms with Gasteiger partial charge in [0.05, 0.1) is 37.6 Å². The molecular weight excluding hydrogens is 517 g/mol. The first-order chi connectivity index (χ1) is 14.7. The molecule has 156 valence electrons. The molecular formula is C20H10Cl3N3O2S3. The number of thiazole rings is 1. The van der Waals surface area contributed by atoms with Gasteiger partial charge in [-0.2, -0.15) is 5.26 Å². The van der Waals surface area contributed by atoms with E-state index in [1.807, 2.05) is 0 Å². The van der Waals surface area contributed by atoms with E-state index in [1.54, 1.807) is 30.3 Å². The van der Waals surface area contributed by atoms with Crippen LogP contribution in [0.15, 0.2) is 68.7 Å². The molecule has 0 saturated carbocycles. The highest BCUT2D eigenvalue weighted by Crippen LogP contribution is 2.39. The summed E-state index contributed by atoms with van der Waals surface area (Å²) in [4.78, 5) is 5.17. The fourth-order valence-corrected chi connectivity index (χ4v) is 6.85. The fraction of sp³-hybridized carbons (Fsp3) is 0. The molecule has 0 amide bonds. The zero-order chi connectivity index (χ0) is 22.2. The van der Waals surface area contributed by atoms with Crippen LogP contribution in [0.3, 0.4) is 0 Å². The molecule has 1 aromatic heterocycles. The SMILES string of the molecule is N#Cc1ccc2nc(Sc3ccc(NS(=O)(=O)c4ccc(Cl)cc4Cl)cc3Cl)sc2c1. The zero-order valence-electron chi connectivity index (χ0n) is 15.3. The molecule has 0 atom stereocenters. The molecule has 1 heterocycles. The van der Waals surface area contributed by atoms with Gasteiger partial charge in [-0.25, -0.2) is 13.4 Å². The first-order valence-electron chi connectivity index (χ1n) is 8.51. The maximum absolute atomic E-state index is 12.7. The predicted octanol–water partition coefficient (Wildman–Crippen LogP) is 7.08. The van der Waals surface area contributed by atoms with Gasteiger partial charge in [0.25, 0.3) is 10.0 Å². The van der Waals surface area contributed by atoms with Gasteiger partial charge in [0.1, 0.15) is 4.90 Å². The quantitative estimate of drug-likeness (QED) is 0.300. The van der Waals surface area contributed by atoms with Crippen LogP contribution >= 0.6 is 57.9 Å². The predicted molar refractivity (Wildman–Crippen MR) is 127 cm³/mol. The highest BCUT2D eigenvalue weighted by Gasteiger charge is 2.19. The summed E-state index contributed by atoms with van der Waals surface area (Å²) in [6.45, 7) is 0. The van der Waals surface area contributed by atoms with Crippen molar-refractivity contribution >= 4 is 83.8 Å². The van der Waals surface area contributed by atoms with Gasteiger partial charge in [0.15, 0.2) is 4.34 Å². The van der Waals surface area contributed by atoms with Crippen LogP contribution in [0, 0.1) is 11.3 Å². The Morgan fingerprint density at radius 1 is 1.00 bits per heavy atom. The van der Waals surface area contributed by atoms with E-state index in [-0.39, 0.29) is 9.92 Å². The molecule has 11 heteroatoms. The Morgan fingerprint density at radius 3 is 2.52 bits per heavy atom. The minimum absolute atomic E-state index is 0.0219. The Hall–Kier alpha value is -1.99. The standard InChI is InChI=1S/C20H10Cl3N3O2S3/c21-12-2-6-19(15(23)8-12)31(27,28)26-13-3-5-17(14(22)9-13)29-20-25-16-4-1-11(10-24)7-18(16)30-20/h1-9,26H. The Morgan fingerprint density at radius 2 is 1.81 bits per heavy atom. The molecule has 0 aliphatic rings. The third-order valence-electron chi connectivity index (χ3n) is 4.06. The van der Waals surface area contributed by atoms with Crippen LogP contribution in [0.4, 0.5) is 5.69 Å². The van der Waals surface area contributed by atoms with E-state index >= 15 is 0 Å².